The lowest BCUT2D eigenvalue weighted by Gasteiger charge is -2.36. The van der Waals surface area contributed by atoms with Crippen molar-refractivity contribution in [2.24, 2.45) is 12.0 Å². The van der Waals surface area contributed by atoms with Crippen LogP contribution in [0.5, 0.6) is 0 Å². The number of nitrogens with zero attached hydrogens (tertiary/aromatic N) is 5. The number of piperidine rings is 1. The summed E-state index contributed by atoms with van der Waals surface area (Å²) in [7, 11) is 5.09. The van der Waals surface area contributed by atoms with E-state index in [2.05, 4.69) is 28.2 Å². The number of halogens is 2. The molecule has 8 nitrogen and oxygen atoms in total. The number of carbonyl (C=O) groups excluding carboxylic acids is 1. The monoisotopic (exact) mass is 576 g/mol. The smallest absolute Gasteiger partial charge is 0.260 e. The fourth-order valence-corrected chi connectivity index (χ4v) is 6.07. The highest BCUT2D eigenvalue weighted by Crippen LogP contribution is 2.36. The molecule has 0 radical (unpaired) electrons. The zero-order valence-corrected chi connectivity index (χ0v) is 24.8. The Bertz CT molecular complexity index is 1590. The summed E-state index contributed by atoms with van der Waals surface area (Å²) in [5.74, 6) is -1.18. The van der Waals surface area contributed by atoms with Gasteiger partial charge in [-0.05, 0) is 88.5 Å². The topological polar surface area (TPSA) is 74.9 Å². The second-order valence-corrected chi connectivity index (χ2v) is 11.4. The SMILES string of the molecule is C/C(=C\C=N/c1ccc(C(C)N2CCC(c3c(F)cc(C(=O)N(C)C)cc3F)CC2)n1C)n1ccc2c(c1=O)CCN2. The van der Waals surface area contributed by atoms with Gasteiger partial charge in [0.2, 0.25) is 0 Å². The minimum atomic E-state index is -0.654. The summed E-state index contributed by atoms with van der Waals surface area (Å²) in [6.45, 7) is 6.20. The first-order valence-electron chi connectivity index (χ1n) is 14.4. The van der Waals surface area contributed by atoms with Crippen LogP contribution < -0.4 is 10.9 Å². The van der Waals surface area contributed by atoms with Crippen molar-refractivity contribution >= 4 is 29.3 Å². The highest BCUT2D eigenvalue weighted by Gasteiger charge is 2.30. The van der Waals surface area contributed by atoms with Crippen molar-refractivity contribution in [3.63, 3.8) is 0 Å². The predicted molar refractivity (Wildman–Crippen MR) is 163 cm³/mol. The fraction of sp³-hybridized carbons (Fsp3) is 0.406. The maximum Gasteiger partial charge on any atom is 0.260 e. The Hall–Kier alpha value is -4.05. The van der Waals surface area contributed by atoms with Crippen LogP contribution in [0.3, 0.4) is 0 Å². The summed E-state index contributed by atoms with van der Waals surface area (Å²) < 4.78 is 33.6. The van der Waals surface area contributed by atoms with Crippen LogP contribution in [-0.4, -0.2) is 64.8 Å². The zero-order valence-electron chi connectivity index (χ0n) is 24.8. The molecule has 1 aromatic carbocycles. The first-order chi connectivity index (χ1) is 20.1. The lowest BCUT2D eigenvalue weighted by atomic mass is 9.87. The molecule has 5 rings (SSSR count). The van der Waals surface area contributed by atoms with Crippen molar-refractivity contribution in [2.75, 3.05) is 39.0 Å². The zero-order chi connectivity index (χ0) is 30.1. The van der Waals surface area contributed by atoms with E-state index in [0.717, 1.165) is 53.6 Å². The largest absolute Gasteiger partial charge is 0.384 e. The number of rotatable bonds is 7. The summed E-state index contributed by atoms with van der Waals surface area (Å²) in [4.78, 5) is 33.2. The third-order valence-electron chi connectivity index (χ3n) is 8.57. The molecule has 1 unspecified atom stereocenters. The van der Waals surface area contributed by atoms with Crippen molar-refractivity contribution in [1.29, 1.82) is 0 Å². The molecule has 0 bridgehead atoms. The Morgan fingerprint density at radius 1 is 1.14 bits per heavy atom. The van der Waals surface area contributed by atoms with Crippen LogP contribution in [0.15, 0.2) is 52.4 Å². The summed E-state index contributed by atoms with van der Waals surface area (Å²) in [6.07, 6.45) is 7.31. The normalized spacial score (nSPS) is 17.0. The van der Waals surface area contributed by atoms with Gasteiger partial charge >= 0.3 is 0 Å². The molecule has 1 saturated heterocycles. The van der Waals surface area contributed by atoms with Crippen LogP contribution in [0.25, 0.3) is 5.70 Å². The Balaban J connectivity index is 1.23. The van der Waals surface area contributed by atoms with Gasteiger partial charge in [0.15, 0.2) is 0 Å². The highest BCUT2D eigenvalue weighted by molar-refractivity contribution is 5.94. The third kappa shape index (κ3) is 5.68. The molecule has 42 heavy (non-hydrogen) atoms. The van der Waals surface area contributed by atoms with Crippen LogP contribution in [0.1, 0.15) is 65.8 Å². The second kappa shape index (κ2) is 12.1. The lowest BCUT2D eigenvalue weighted by Crippen LogP contribution is -2.36. The number of anilines is 1. The molecule has 0 saturated carbocycles. The molecule has 1 N–H and O–H groups in total. The summed E-state index contributed by atoms with van der Waals surface area (Å²) in [6, 6.07) is 8.35. The van der Waals surface area contributed by atoms with E-state index in [1.165, 1.54) is 4.90 Å². The maximum atomic E-state index is 15.0. The standard InChI is InChI=1S/C32H38F2N6O2/c1-20(40-17-12-27-24(32(40)42)9-14-35-27)8-13-36-29-7-6-28(38(29)5)21(2)39-15-10-22(11-16-39)30-25(33)18-23(19-26(30)34)31(41)37(3)4/h6-8,12-13,17-19,21-22,35H,9-11,14-16H2,1-5H3/b20-8+,36-13-. The van der Waals surface area contributed by atoms with Crippen LogP contribution in [0.4, 0.5) is 20.3 Å². The number of benzene rings is 1. The van der Waals surface area contributed by atoms with Gasteiger partial charge in [-0.3, -0.25) is 19.1 Å². The molecule has 3 aromatic rings. The average molecular weight is 577 g/mol. The molecule has 222 valence electrons. The number of amides is 1. The molecular formula is C32H38F2N6O2. The Morgan fingerprint density at radius 3 is 2.50 bits per heavy atom. The number of carbonyl (C=O) groups is 1. The van der Waals surface area contributed by atoms with Gasteiger partial charge in [0.05, 0.1) is 0 Å². The summed E-state index contributed by atoms with van der Waals surface area (Å²) in [5, 5.41) is 3.23. The first kappa shape index (κ1) is 29.4. The van der Waals surface area contributed by atoms with Crippen LogP contribution >= 0.6 is 0 Å². The number of allylic oxidation sites excluding steroid dienone is 2. The molecule has 0 aliphatic carbocycles. The van der Waals surface area contributed by atoms with Crippen molar-refractivity contribution in [3.05, 3.63) is 87.0 Å². The Morgan fingerprint density at radius 2 is 1.83 bits per heavy atom. The molecule has 1 atom stereocenters. The molecule has 1 fully saturated rings. The van der Waals surface area contributed by atoms with E-state index < -0.39 is 17.5 Å². The van der Waals surface area contributed by atoms with E-state index in [1.807, 2.05) is 36.7 Å². The Kier molecular flexibility index (Phi) is 8.45. The van der Waals surface area contributed by atoms with Crippen molar-refractivity contribution in [1.82, 2.24) is 18.9 Å². The maximum absolute atomic E-state index is 15.0. The van der Waals surface area contributed by atoms with Gasteiger partial charge < -0.3 is 14.8 Å². The Labute approximate surface area is 245 Å². The van der Waals surface area contributed by atoms with Gasteiger partial charge in [-0.2, -0.15) is 0 Å². The highest BCUT2D eigenvalue weighted by atomic mass is 19.1. The number of hydrogen-bond acceptors (Lipinski definition) is 5. The van der Waals surface area contributed by atoms with E-state index >= 15 is 0 Å². The van der Waals surface area contributed by atoms with E-state index in [1.54, 1.807) is 31.1 Å². The molecule has 0 spiro atoms. The van der Waals surface area contributed by atoms with Gasteiger partial charge in [0.25, 0.3) is 11.5 Å². The predicted octanol–water partition coefficient (Wildman–Crippen LogP) is 5.34. The number of nitrogens with one attached hydrogen (secondary N) is 1. The minimum absolute atomic E-state index is 0.000294. The molecule has 1 amide bonds. The number of fused-ring (bicyclic) bond motifs is 1. The van der Waals surface area contributed by atoms with E-state index in [4.69, 9.17) is 0 Å². The number of aliphatic imine (C=N–C) groups is 1. The van der Waals surface area contributed by atoms with Crippen molar-refractivity contribution in [2.45, 2.75) is 45.1 Å². The summed E-state index contributed by atoms with van der Waals surface area (Å²) in [5.41, 5.74) is 3.71. The minimum Gasteiger partial charge on any atom is -0.384 e. The number of hydrogen-bond donors (Lipinski definition) is 1. The van der Waals surface area contributed by atoms with Crippen LogP contribution in [0, 0.1) is 11.6 Å². The molecule has 2 aromatic heterocycles. The van der Waals surface area contributed by atoms with E-state index in [-0.39, 0.29) is 28.6 Å². The van der Waals surface area contributed by atoms with Crippen LogP contribution in [-0.2, 0) is 13.5 Å². The van der Waals surface area contributed by atoms with E-state index in [0.29, 0.717) is 25.9 Å². The molecule has 10 heteroatoms. The van der Waals surface area contributed by atoms with Gasteiger partial charge in [0.1, 0.15) is 17.5 Å². The number of aromatic nitrogens is 2. The molecule has 4 heterocycles. The quantitative estimate of drug-likeness (QED) is 0.386. The first-order valence-corrected chi connectivity index (χ1v) is 14.4. The number of pyridine rings is 1. The van der Waals surface area contributed by atoms with Gasteiger partial charge in [-0.25, -0.2) is 13.8 Å². The van der Waals surface area contributed by atoms with Gasteiger partial charge in [0, 0.05) is 79.9 Å². The van der Waals surface area contributed by atoms with Crippen LogP contribution in [0.2, 0.25) is 0 Å². The third-order valence-corrected chi connectivity index (χ3v) is 8.57. The van der Waals surface area contributed by atoms with Crippen molar-refractivity contribution < 1.29 is 13.6 Å². The van der Waals surface area contributed by atoms with Gasteiger partial charge in [-0.15, -0.1) is 0 Å². The van der Waals surface area contributed by atoms with Crippen molar-refractivity contribution in [3.8, 4) is 0 Å². The van der Waals surface area contributed by atoms with E-state index in [9.17, 15) is 18.4 Å². The second-order valence-electron chi connectivity index (χ2n) is 11.4. The molecule has 2 aliphatic rings. The average Bonchev–Trinajstić information content (AvgIpc) is 3.59. The number of likely N-dealkylation sites (tertiary alicyclic amines) is 1. The van der Waals surface area contributed by atoms with Gasteiger partial charge in [-0.1, -0.05) is 0 Å². The summed E-state index contributed by atoms with van der Waals surface area (Å²) >= 11 is 0. The fourth-order valence-electron chi connectivity index (χ4n) is 6.07. The molecular weight excluding hydrogens is 538 g/mol. The lowest BCUT2D eigenvalue weighted by molar-refractivity contribution is 0.0826. The molecule has 2 aliphatic heterocycles.